The summed E-state index contributed by atoms with van der Waals surface area (Å²) in [7, 11) is 0. The normalized spacial score (nSPS) is 10.2. The zero-order valence-corrected chi connectivity index (χ0v) is 11.9. The lowest BCUT2D eigenvalue weighted by atomic mass is 10.2. The van der Waals surface area contributed by atoms with Crippen molar-refractivity contribution in [2.24, 2.45) is 0 Å². The number of nitrogens with one attached hydrogen (secondary N) is 2. The van der Waals surface area contributed by atoms with Crippen molar-refractivity contribution in [2.45, 2.75) is 26.4 Å². The summed E-state index contributed by atoms with van der Waals surface area (Å²) in [5, 5.41) is 10.2. The molecule has 1 amide bonds. The molecule has 5 nitrogen and oxygen atoms in total. The van der Waals surface area contributed by atoms with Gasteiger partial charge in [0.25, 0.3) is 0 Å². The van der Waals surface area contributed by atoms with E-state index >= 15 is 0 Å². The fourth-order valence-electron chi connectivity index (χ4n) is 1.02. The van der Waals surface area contributed by atoms with Gasteiger partial charge in [-0.2, -0.15) is 0 Å². The number of rotatable bonds is 1. The molecule has 0 atom stereocenters. The van der Waals surface area contributed by atoms with Gasteiger partial charge in [0.05, 0.1) is 0 Å². The Balaban J connectivity index is 0.00000289. The Hall–Kier alpha value is -1.33. The van der Waals surface area contributed by atoms with E-state index in [1.54, 1.807) is 39.0 Å². The first kappa shape index (κ1) is 16.7. The van der Waals surface area contributed by atoms with Crippen molar-refractivity contribution < 1.29 is 9.53 Å². The minimum Gasteiger partial charge on any atom is -0.444 e. The summed E-state index contributed by atoms with van der Waals surface area (Å²) in [5.74, 6) is -0.151. The third-order valence-electron chi connectivity index (χ3n) is 1.60. The van der Waals surface area contributed by atoms with E-state index in [9.17, 15) is 4.79 Å². The molecule has 0 unspecified atom stereocenters. The molecule has 0 saturated heterocycles. The first-order valence-corrected chi connectivity index (χ1v) is 5.37. The number of ether oxygens (including phenoxy) is 1. The molecular formula is C11H15Cl2N3O2. The number of amidine groups is 1. The van der Waals surface area contributed by atoms with Gasteiger partial charge in [0, 0.05) is 0 Å². The summed E-state index contributed by atoms with van der Waals surface area (Å²) >= 11 is 5.68. The second-order valence-electron chi connectivity index (χ2n) is 4.35. The highest BCUT2D eigenvalue weighted by molar-refractivity contribution is 6.29. The molecule has 0 radical (unpaired) electrons. The number of carbonyl (C=O) groups excluding carboxylic acids is 1. The predicted octanol–water partition coefficient (Wildman–Crippen LogP) is 3.01. The smallest absolute Gasteiger partial charge is 0.413 e. The quantitative estimate of drug-likeness (QED) is 0.474. The number of amides is 1. The summed E-state index contributed by atoms with van der Waals surface area (Å²) in [5.41, 5.74) is -0.324. The third kappa shape index (κ3) is 5.84. The Kier molecular flexibility index (Phi) is 6.08. The number of halogens is 2. The van der Waals surface area contributed by atoms with Crippen LogP contribution in [0.3, 0.4) is 0 Å². The molecule has 0 aliphatic rings. The van der Waals surface area contributed by atoms with E-state index in [4.69, 9.17) is 21.7 Å². The molecule has 0 aliphatic carbocycles. The van der Waals surface area contributed by atoms with Crippen molar-refractivity contribution >= 4 is 35.9 Å². The first-order valence-electron chi connectivity index (χ1n) is 4.99. The summed E-state index contributed by atoms with van der Waals surface area (Å²) in [6.45, 7) is 5.23. The maximum absolute atomic E-state index is 11.4. The zero-order valence-electron chi connectivity index (χ0n) is 10.3. The highest BCUT2D eigenvalue weighted by Gasteiger charge is 2.17. The molecule has 0 fully saturated rings. The van der Waals surface area contributed by atoms with Crippen LogP contribution >= 0.6 is 24.0 Å². The largest absolute Gasteiger partial charge is 0.444 e. The summed E-state index contributed by atoms with van der Waals surface area (Å²) in [6, 6.07) is 4.81. The van der Waals surface area contributed by atoms with Crippen LogP contribution in [0.4, 0.5) is 4.79 Å². The van der Waals surface area contributed by atoms with E-state index < -0.39 is 11.7 Å². The van der Waals surface area contributed by atoms with E-state index in [0.717, 1.165) is 0 Å². The fourth-order valence-corrected chi connectivity index (χ4v) is 1.18. The van der Waals surface area contributed by atoms with Crippen LogP contribution in [-0.4, -0.2) is 22.5 Å². The van der Waals surface area contributed by atoms with Gasteiger partial charge >= 0.3 is 6.09 Å². The second-order valence-corrected chi connectivity index (χ2v) is 4.73. The minimum absolute atomic E-state index is 0. The van der Waals surface area contributed by atoms with E-state index in [-0.39, 0.29) is 29.1 Å². The SMILES string of the molecule is CC(C)(C)OC(=O)NC(=N)c1cccc(Cl)n1.Cl. The molecule has 18 heavy (non-hydrogen) atoms. The maximum atomic E-state index is 11.4. The van der Waals surface area contributed by atoms with Crippen molar-refractivity contribution in [2.75, 3.05) is 0 Å². The van der Waals surface area contributed by atoms with Crippen LogP contribution in [0.25, 0.3) is 0 Å². The Morgan fingerprint density at radius 1 is 1.44 bits per heavy atom. The lowest BCUT2D eigenvalue weighted by Gasteiger charge is -2.19. The van der Waals surface area contributed by atoms with Crippen LogP contribution in [-0.2, 0) is 4.74 Å². The third-order valence-corrected chi connectivity index (χ3v) is 1.81. The molecule has 100 valence electrons. The average molecular weight is 292 g/mol. The Morgan fingerprint density at radius 2 is 2.06 bits per heavy atom. The molecule has 1 heterocycles. The Morgan fingerprint density at radius 3 is 2.56 bits per heavy atom. The predicted molar refractivity (Wildman–Crippen MR) is 72.7 cm³/mol. The molecule has 0 aromatic carbocycles. The van der Waals surface area contributed by atoms with Crippen LogP contribution in [0, 0.1) is 5.41 Å². The molecule has 2 N–H and O–H groups in total. The van der Waals surface area contributed by atoms with E-state index in [1.807, 2.05) is 0 Å². The van der Waals surface area contributed by atoms with Crippen LogP contribution < -0.4 is 5.32 Å². The number of nitrogens with zero attached hydrogens (tertiary/aromatic N) is 1. The topological polar surface area (TPSA) is 75.1 Å². The number of carbonyl (C=O) groups is 1. The van der Waals surface area contributed by atoms with Crippen LogP contribution in [0.2, 0.25) is 5.15 Å². The molecule has 0 saturated carbocycles. The van der Waals surface area contributed by atoms with Gasteiger partial charge in [0.15, 0.2) is 5.84 Å². The van der Waals surface area contributed by atoms with Crippen molar-refractivity contribution in [3.05, 3.63) is 29.0 Å². The van der Waals surface area contributed by atoms with Gasteiger partial charge < -0.3 is 4.74 Å². The van der Waals surface area contributed by atoms with Gasteiger partial charge in [0.1, 0.15) is 16.4 Å². The Labute approximate surface area is 117 Å². The standard InChI is InChI=1S/C11H14ClN3O2.ClH/c1-11(2,3)17-10(16)15-9(13)7-5-4-6-8(12)14-7;/h4-6H,1-3H3,(H2,13,15,16);1H. The highest BCUT2D eigenvalue weighted by Crippen LogP contribution is 2.08. The monoisotopic (exact) mass is 291 g/mol. The second kappa shape index (κ2) is 6.56. The molecule has 0 aliphatic heterocycles. The number of pyridine rings is 1. The number of aromatic nitrogens is 1. The lowest BCUT2D eigenvalue weighted by molar-refractivity contribution is 0.0563. The molecule has 0 spiro atoms. The number of alkyl carbamates (subject to hydrolysis) is 1. The minimum atomic E-state index is -0.690. The average Bonchev–Trinajstić information content (AvgIpc) is 2.14. The van der Waals surface area contributed by atoms with Crippen LogP contribution in [0.15, 0.2) is 18.2 Å². The Bertz CT molecular complexity index is 444. The molecule has 7 heteroatoms. The van der Waals surface area contributed by atoms with Crippen LogP contribution in [0.1, 0.15) is 26.5 Å². The van der Waals surface area contributed by atoms with Crippen molar-refractivity contribution in [3.63, 3.8) is 0 Å². The van der Waals surface area contributed by atoms with Crippen molar-refractivity contribution in [3.8, 4) is 0 Å². The fraction of sp³-hybridized carbons (Fsp3) is 0.364. The summed E-state index contributed by atoms with van der Waals surface area (Å²) in [6.07, 6.45) is -0.690. The lowest BCUT2D eigenvalue weighted by Crippen LogP contribution is -2.36. The van der Waals surface area contributed by atoms with Gasteiger partial charge in [-0.1, -0.05) is 17.7 Å². The van der Waals surface area contributed by atoms with Gasteiger partial charge in [-0.3, -0.25) is 10.7 Å². The van der Waals surface area contributed by atoms with Crippen LogP contribution in [0.5, 0.6) is 0 Å². The summed E-state index contributed by atoms with van der Waals surface area (Å²) < 4.78 is 5.01. The number of hydrogen-bond donors (Lipinski definition) is 2. The van der Waals surface area contributed by atoms with E-state index in [2.05, 4.69) is 10.3 Å². The van der Waals surface area contributed by atoms with Gasteiger partial charge in [-0.25, -0.2) is 9.78 Å². The van der Waals surface area contributed by atoms with Gasteiger partial charge in [-0.15, -0.1) is 12.4 Å². The summed E-state index contributed by atoms with van der Waals surface area (Å²) in [4.78, 5) is 15.3. The van der Waals surface area contributed by atoms with Gasteiger partial charge in [-0.05, 0) is 32.9 Å². The first-order chi connectivity index (χ1) is 7.78. The zero-order chi connectivity index (χ0) is 13.1. The van der Waals surface area contributed by atoms with Crippen molar-refractivity contribution in [1.82, 2.24) is 10.3 Å². The molecule has 1 aromatic heterocycles. The molecular weight excluding hydrogens is 277 g/mol. The molecule has 0 bridgehead atoms. The van der Waals surface area contributed by atoms with Gasteiger partial charge in [0.2, 0.25) is 0 Å². The molecule has 1 rings (SSSR count). The van der Waals surface area contributed by atoms with E-state index in [1.165, 1.54) is 0 Å². The van der Waals surface area contributed by atoms with Crippen molar-refractivity contribution in [1.29, 1.82) is 5.41 Å². The maximum Gasteiger partial charge on any atom is 0.413 e. The molecule has 1 aromatic rings. The van der Waals surface area contributed by atoms with E-state index in [0.29, 0.717) is 0 Å². The number of hydrogen-bond acceptors (Lipinski definition) is 4. The highest BCUT2D eigenvalue weighted by atomic mass is 35.5.